The second-order valence-electron chi connectivity index (χ2n) is 6.66. The number of hydrogen-bond donors (Lipinski definition) is 0. The van der Waals surface area contributed by atoms with Crippen LogP contribution in [0.4, 0.5) is 4.39 Å². The first kappa shape index (κ1) is 17.3. The quantitative estimate of drug-likeness (QED) is 0.434. The van der Waals surface area contributed by atoms with Gasteiger partial charge in [0.15, 0.2) is 0 Å². The molecule has 0 aliphatic carbocycles. The Morgan fingerprint density at radius 3 is 2.79 bits per heavy atom. The molecular weight excluding hydrogens is 387 g/mol. The van der Waals surface area contributed by atoms with Gasteiger partial charge in [0, 0.05) is 17.3 Å². The van der Waals surface area contributed by atoms with Gasteiger partial charge in [0.2, 0.25) is 0 Å². The van der Waals surface area contributed by atoms with Crippen LogP contribution in [0.5, 0.6) is 0 Å². The number of halogens is 1. The van der Waals surface area contributed by atoms with Crippen molar-refractivity contribution in [3.05, 3.63) is 82.0 Å². The third-order valence-electron chi connectivity index (χ3n) is 5.01. The van der Waals surface area contributed by atoms with Crippen molar-refractivity contribution in [2.75, 3.05) is 0 Å². The van der Waals surface area contributed by atoms with E-state index in [2.05, 4.69) is 4.98 Å². The van der Waals surface area contributed by atoms with E-state index in [0.29, 0.717) is 16.6 Å². The summed E-state index contributed by atoms with van der Waals surface area (Å²) in [6.45, 7) is 0. The molecule has 29 heavy (non-hydrogen) atoms. The molecule has 0 bridgehead atoms. The summed E-state index contributed by atoms with van der Waals surface area (Å²) >= 11 is 1.62. The Morgan fingerprint density at radius 1 is 1.17 bits per heavy atom. The maximum Gasteiger partial charge on any atom is 0.333 e. The highest BCUT2D eigenvalue weighted by molar-refractivity contribution is 7.13. The van der Waals surface area contributed by atoms with Crippen LogP contribution in [0.15, 0.2) is 64.9 Å². The number of nitrogens with zero attached hydrogens (tertiary/aromatic N) is 4. The Bertz CT molecular complexity index is 1510. The van der Waals surface area contributed by atoms with Crippen molar-refractivity contribution in [3.8, 4) is 22.2 Å². The molecule has 0 fully saturated rings. The van der Waals surface area contributed by atoms with Crippen LogP contribution in [0.1, 0.15) is 5.56 Å². The maximum absolute atomic E-state index is 14.7. The van der Waals surface area contributed by atoms with Crippen molar-refractivity contribution in [1.29, 1.82) is 5.26 Å². The molecule has 0 spiro atoms. The Morgan fingerprint density at radius 2 is 2.03 bits per heavy atom. The summed E-state index contributed by atoms with van der Waals surface area (Å²) in [5.41, 5.74) is 2.79. The third-order valence-corrected chi connectivity index (χ3v) is 5.92. The average Bonchev–Trinajstić information content (AvgIpc) is 3.36. The smallest absolute Gasteiger partial charge is 0.293 e. The van der Waals surface area contributed by atoms with Gasteiger partial charge in [-0.15, -0.1) is 11.3 Å². The molecule has 0 saturated carbocycles. The van der Waals surface area contributed by atoms with Crippen LogP contribution in [0, 0.1) is 17.1 Å². The zero-order chi connectivity index (χ0) is 20.1. The first-order chi connectivity index (χ1) is 14.1. The molecule has 5 aromatic rings. The number of aryl methyl sites for hydroxylation is 1. The Balaban J connectivity index is 1.94. The lowest BCUT2D eigenvalue weighted by Gasteiger charge is -2.08. The summed E-state index contributed by atoms with van der Waals surface area (Å²) in [5, 5.41) is 12.0. The van der Waals surface area contributed by atoms with Crippen molar-refractivity contribution in [2.24, 2.45) is 7.05 Å². The number of fused-ring (bicyclic) bond motifs is 3. The molecule has 0 N–H and O–H groups in total. The van der Waals surface area contributed by atoms with E-state index in [1.807, 2.05) is 41.8 Å². The largest absolute Gasteiger partial charge is 0.333 e. The zero-order valence-corrected chi connectivity index (χ0v) is 16.1. The predicted octanol–water partition coefficient (Wildman–Crippen LogP) is 4.62. The summed E-state index contributed by atoms with van der Waals surface area (Å²) in [5.74, 6) is -0.571. The molecule has 140 valence electrons. The van der Waals surface area contributed by atoms with Gasteiger partial charge in [-0.05, 0) is 47.3 Å². The van der Waals surface area contributed by atoms with Crippen molar-refractivity contribution in [3.63, 3.8) is 0 Å². The van der Waals surface area contributed by atoms with Crippen LogP contribution in [0.3, 0.4) is 0 Å². The van der Waals surface area contributed by atoms with Gasteiger partial charge in [0.1, 0.15) is 5.82 Å². The SMILES string of the molecule is Cn1c(=O)n(-c2cc(C#N)ccc2F)c2c3cc(-c4cccs4)ccc3ncc21. The van der Waals surface area contributed by atoms with Gasteiger partial charge in [-0.25, -0.2) is 9.18 Å². The van der Waals surface area contributed by atoms with Crippen LogP contribution >= 0.6 is 11.3 Å². The molecule has 3 aromatic heterocycles. The molecule has 3 heterocycles. The minimum atomic E-state index is -0.571. The highest BCUT2D eigenvalue weighted by Crippen LogP contribution is 2.32. The van der Waals surface area contributed by atoms with E-state index in [-0.39, 0.29) is 11.3 Å². The number of pyridine rings is 1. The monoisotopic (exact) mass is 400 g/mol. The normalized spacial score (nSPS) is 11.2. The van der Waals surface area contributed by atoms with Crippen molar-refractivity contribution >= 4 is 33.3 Å². The number of aromatic nitrogens is 3. The van der Waals surface area contributed by atoms with E-state index in [1.165, 1.54) is 27.3 Å². The lowest BCUT2D eigenvalue weighted by atomic mass is 10.1. The van der Waals surface area contributed by atoms with Crippen molar-refractivity contribution < 1.29 is 4.39 Å². The van der Waals surface area contributed by atoms with E-state index in [9.17, 15) is 14.4 Å². The number of imidazole rings is 1. The standard InChI is InChI=1S/C22H13FN4OS/c1-26-19-12-25-17-7-5-14(20-3-2-8-29-20)10-15(17)21(19)27(22(26)28)18-9-13(11-24)4-6-16(18)23/h2-10,12H,1H3. The minimum absolute atomic E-state index is 0.0497. The van der Waals surface area contributed by atoms with Gasteiger partial charge in [0.25, 0.3) is 0 Å². The molecule has 0 unspecified atom stereocenters. The third kappa shape index (κ3) is 2.57. The number of benzene rings is 2. The lowest BCUT2D eigenvalue weighted by molar-refractivity contribution is 0.616. The topological polar surface area (TPSA) is 63.6 Å². The highest BCUT2D eigenvalue weighted by Gasteiger charge is 2.19. The number of nitriles is 1. The number of thiophene rings is 1. The van der Waals surface area contributed by atoms with Gasteiger partial charge in [-0.2, -0.15) is 5.26 Å². The molecule has 7 heteroatoms. The summed E-state index contributed by atoms with van der Waals surface area (Å²) in [7, 11) is 1.63. The lowest BCUT2D eigenvalue weighted by Crippen LogP contribution is -2.21. The fourth-order valence-electron chi connectivity index (χ4n) is 3.57. The van der Waals surface area contributed by atoms with E-state index in [4.69, 9.17) is 0 Å². The van der Waals surface area contributed by atoms with E-state index in [0.717, 1.165) is 15.8 Å². The van der Waals surface area contributed by atoms with Crippen molar-refractivity contribution in [1.82, 2.24) is 14.1 Å². The first-order valence-corrected chi connectivity index (χ1v) is 9.70. The first-order valence-electron chi connectivity index (χ1n) is 8.82. The summed E-state index contributed by atoms with van der Waals surface area (Å²) in [4.78, 5) is 18.6. The Kier molecular flexibility index (Phi) is 3.83. The van der Waals surface area contributed by atoms with Crippen LogP contribution in [-0.2, 0) is 7.05 Å². The Labute approximate surface area is 168 Å². The van der Waals surface area contributed by atoms with Gasteiger partial charge < -0.3 is 0 Å². The van der Waals surface area contributed by atoms with Gasteiger partial charge in [-0.3, -0.25) is 14.1 Å². The predicted molar refractivity (Wildman–Crippen MR) is 112 cm³/mol. The van der Waals surface area contributed by atoms with Crippen LogP contribution in [-0.4, -0.2) is 14.1 Å². The van der Waals surface area contributed by atoms with Crippen LogP contribution in [0.25, 0.3) is 38.1 Å². The minimum Gasteiger partial charge on any atom is -0.293 e. The van der Waals surface area contributed by atoms with Gasteiger partial charge in [-0.1, -0.05) is 12.1 Å². The molecule has 0 radical (unpaired) electrons. The highest BCUT2D eigenvalue weighted by atomic mass is 32.1. The van der Waals surface area contributed by atoms with Gasteiger partial charge in [0.05, 0.1) is 40.1 Å². The summed E-state index contributed by atoms with van der Waals surface area (Å²) in [6, 6.07) is 15.8. The molecule has 0 atom stereocenters. The van der Waals surface area contributed by atoms with Crippen LogP contribution < -0.4 is 5.69 Å². The fourth-order valence-corrected chi connectivity index (χ4v) is 4.29. The molecule has 2 aromatic carbocycles. The molecule has 0 aliphatic rings. The summed E-state index contributed by atoms with van der Waals surface area (Å²) < 4.78 is 17.5. The second-order valence-corrected chi connectivity index (χ2v) is 7.60. The second kappa shape index (κ2) is 6.40. The van der Waals surface area contributed by atoms with E-state index < -0.39 is 11.5 Å². The average molecular weight is 400 g/mol. The van der Waals surface area contributed by atoms with Crippen LogP contribution in [0.2, 0.25) is 0 Å². The molecule has 0 aliphatic heterocycles. The Hall–Kier alpha value is -3.76. The molecular formula is C22H13FN4OS. The fraction of sp³-hybridized carbons (Fsp3) is 0.0455. The molecule has 5 rings (SSSR count). The molecule has 5 nitrogen and oxygen atoms in total. The van der Waals surface area contributed by atoms with Gasteiger partial charge >= 0.3 is 5.69 Å². The maximum atomic E-state index is 14.7. The summed E-state index contributed by atoms with van der Waals surface area (Å²) in [6.07, 6.45) is 1.62. The zero-order valence-electron chi connectivity index (χ0n) is 15.3. The number of hydrogen-bond acceptors (Lipinski definition) is 4. The molecule has 0 amide bonds. The molecule has 0 saturated heterocycles. The van der Waals surface area contributed by atoms with E-state index >= 15 is 0 Å². The van der Waals surface area contributed by atoms with E-state index in [1.54, 1.807) is 24.6 Å². The number of rotatable bonds is 2. The van der Waals surface area contributed by atoms with Crippen molar-refractivity contribution in [2.45, 2.75) is 0 Å².